The molecule has 4 aromatic rings. The van der Waals surface area contributed by atoms with Gasteiger partial charge in [0, 0.05) is 36.7 Å². The van der Waals surface area contributed by atoms with Gasteiger partial charge in [-0.1, -0.05) is 74.0 Å². The first-order chi connectivity index (χ1) is 19.2. The maximum Gasteiger partial charge on any atom is 0.416 e. The number of carbonyl (C=O) groups is 2. The van der Waals surface area contributed by atoms with Crippen molar-refractivity contribution < 1.29 is 22.8 Å². The lowest BCUT2D eigenvalue weighted by Crippen LogP contribution is -2.44. The number of rotatable bonds is 12. The lowest BCUT2D eigenvalue weighted by Gasteiger charge is -2.28. The van der Waals surface area contributed by atoms with Gasteiger partial charge in [0.2, 0.25) is 11.8 Å². The van der Waals surface area contributed by atoms with Crippen LogP contribution in [0.5, 0.6) is 0 Å². The van der Waals surface area contributed by atoms with Crippen molar-refractivity contribution in [3.63, 3.8) is 0 Å². The van der Waals surface area contributed by atoms with E-state index in [0.717, 1.165) is 47.0 Å². The zero-order valence-corrected chi connectivity index (χ0v) is 22.6. The Kier molecular flexibility index (Phi) is 9.64. The van der Waals surface area contributed by atoms with Crippen LogP contribution in [0.3, 0.4) is 0 Å². The molecule has 1 heterocycles. The van der Waals surface area contributed by atoms with Gasteiger partial charge >= 0.3 is 6.18 Å². The summed E-state index contributed by atoms with van der Waals surface area (Å²) in [4.78, 5) is 33.4. The van der Waals surface area contributed by atoms with Gasteiger partial charge < -0.3 is 14.8 Å². The van der Waals surface area contributed by atoms with E-state index in [1.807, 2.05) is 67.7 Å². The Balaban J connectivity index is 1.52. The molecule has 0 radical (unpaired) electrons. The Labute approximate surface area is 232 Å². The zero-order valence-electron chi connectivity index (χ0n) is 22.6. The van der Waals surface area contributed by atoms with Crippen LogP contribution in [0.1, 0.15) is 42.0 Å². The number of carbonyl (C=O) groups excluding carboxylic acids is 2. The highest BCUT2D eigenvalue weighted by Crippen LogP contribution is 2.29. The average Bonchev–Trinajstić information content (AvgIpc) is 3.36. The second-order valence-electron chi connectivity index (χ2n) is 9.95. The minimum absolute atomic E-state index is 0.0831. The monoisotopic (exact) mass is 549 g/mol. The summed E-state index contributed by atoms with van der Waals surface area (Å²) in [6.45, 7) is 2.91. The molecule has 0 saturated carbocycles. The molecule has 0 aliphatic rings. The molecule has 210 valence electrons. The molecule has 1 aromatic heterocycles. The smallest absolute Gasteiger partial charge is 0.361 e. The van der Waals surface area contributed by atoms with Gasteiger partial charge in [-0.3, -0.25) is 9.59 Å². The predicted molar refractivity (Wildman–Crippen MR) is 150 cm³/mol. The quantitative estimate of drug-likeness (QED) is 0.216. The number of aromatic nitrogens is 1. The van der Waals surface area contributed by atoms with Crippen LogP contribution in [0.2, 0.25) is 0 Å². The van der Waals surface area contributed by atoms with E-state index in [9.17, 15) is 22.8 Å². The third-order valence-electron chi connectivity index (χ3n) is 6.99. The SMILES string of the molecule is CCCCN(CC(=O)N(CCc1c[nH]c2ccccc12)Cc1ccc(C(F)(F)F)cc1)C(=O)Cc1ccccc1. The molecule has 8 heteroatoms. The molecule has 40 heavy (non-hydrogen) atoms. The number of para-hydroxylation sites is 1. The highest BCUT2D eigenvalue weighted by atomic mass is 19.4. The molecule has 0 bridgehead atoms. The first-order valence-corrected chi connectivity index (χ1v) is 13.5. The lowest BCUT2D eigenvalue weighted by molar-refractivity contribution is -0.140. The molecule has 0 aliphatic heterocycles. The molecule has 0 saturated heterocycles. The number of hydrogen-bond acceptors (Lipinski definition) is 2. The Morgan fingerprint density at radius 3 is 2.20 bits per heavy atom. The number of benzene rings is 3. The molecule has 2 amide bonds. The summed E-state index contributed by atoms with van der Waals surface area (Å²) in [7, 11) is 0. The van der Waals surface area contributed by atoms with Crippen molar-refractivity contribution >= 4 is 22.7 Å². The number of nitrogens with zero attached hydrogens (tertiary/aromatic N) is 2. The fourth-order valence-electron chi connectivity index (χ4n) is 4.69. The largest absolute Gasteiger partial charge is 0.416 e. The Morgan fingerprint density at radius 1 is 0.800 bits per heavy atom. The average molecular weight is 550 g/mol. The van der Waals surface area contributed by atoms with Gasteiger partial charge in [-0.2, -0.15) is 13.2 Å². The Bertz CT molecular complexity index is 1400. The molecule has 5 nitrogen and oxygen atoms in total. The van der Waals surface area contributed by atoms with Crippen LogP contribution in [0, 0.1) is 0 Å². The third kappa shape index (κ3) is 7.74. The van der Waals surface area contributed by atoms with E-state index in [-0.39, 0.29) is 31.3 Å². The van der Waals surface area contributed by atoms with Crippen LogP contribution in [0.4, 0.5) is 13.2 Å². The molecular weight excluding hydrogens is 515 g/mol. The minimum Gasteiger partial charge on any atom is -0.361 e. The van der Waals surface area contributed by atoms with E-state index in [0.29, 0.717) is 25.1 Å². The molecule has 4 rings (SSSR count). The van der Waals surface area contributed by atoms with E-state index in [2.05, 4.69) is 4.98 Å². The van der Waals surface area contributed by atoms with Crippen molar-refractivity contribution in [2.75, 3.05) is 19.6 Å². The van der Waals surface area contributed by atoms with Gasteiger partial charge in [0.1, 0.15) is 0 Å². The van der Waals surface area contributed by atoms with Gasteiger partial charge in [-0.05, 0) is 47.7 Å². The molecule has 0 unspecified atom stereocenters. The van der Waals surface area contributed by atoms with Gasteiger partial charge in [-0.25, -0.2) is 0 Å². The maximum absolute atomic E-state index is 13.7. The highest BCUT2D eigenvalue weighted by Gasteiger charge is 2.30. The number of H-pyrrole nitrogens is 1. The van der Waals surface area contributed by atoms with Crippen LogP contribution in [-0.2, 0) is 35.2 Å². The van der Waals surface area contributed by atoms with E-state index < -0.39 is 11.7 Å². The van der Waals surface area contributed by atoms with Crippen LogP contribution in [-0.4, -0.2) is 46.2 Å². The second kappa shape index (κ2) is 13.3. The molecule has 3 aromatic carbocycles. The van der Waals surface area contributed by atoms with Crippen molar-refractivity contribution in [2.24, 2.45) is 0 Å². The normalized spacial score (nSPS) is 11.5. The van der Waals surface area contributed by atoms with Crippen LogP contribution in [0.15, 0.2) is 85.1 Å². The number of unbranched alkanes of at least 4 members (excludes halogenated alkanes) is 1. The van der Waals surface area contributed by atoms with Gasteiger partial charge in [-0.15, -0.1) is 0 Å². The minimum atomic E-state index is -4.43. The number of amides is 2. The third-order valence-corrected chi connectivity index (χ3v) is 6.99. The fourth-order valence-corrected chi connectivity index (χ4v) is 4.69. The summed E-state index contributed by atoms with van der Waals surface area (Å²) in [5.74, 6) is -0.364. The van der Waals surface area contributed by atoms with Gasteiger partial charge in [0.15, 0.2) is 0 Å². The summed E-state index contributed by atoms with van der Waals surface area (Å²) < 4.78 is 39.3. The van der Waals surface area contributed by atoms with Crippen molar-refractivity contribution in [1.82, 2.24) is 14.8 Å². The maximum atomic E-state index is 13.7. The van der Waals surface area contributed by atoms with E-state index in [1.165, 1.54) is 12.1 Å². The Hall–Kier alpha value is -4.07. The number of alkyl halides is 3. The Morgan fingerprint density at radius 2 is 1.50 bits per heavy atom. The molecule has 0 spiro atoms. The van der Waals surface area contributed by atoms with E-state index >= 15 is 0 Å². The number of fused-ring (bicyclic) bond motifs is 1. The highest BCUT2D eigenvalue weighted by molar-refractivity contribution is 5.86. The molecular formula is C32H34F3N3O2. The molecule has 0 fully saturated rings. The number of aromatic amines is 1. The van der Waals surface area contributed by atoms with Crippen molar-refractivity contribution in [1.29, 1.82) is 0 Å². The second-order valence-corrected chi connectivity index (χ2v) is 9.95. The zero-order chi connectivity index (χ0) is 28.5. The first kappa shape index (κ1) is 28.9. The summed E-state index contributed by atoms with van der Waals surface area (Å²) in [5.41, 5.74) is 2.78. The molecule has 0 aliphatic carbocycles. The summed E-state index contributed by atoms with van der Waals surface area (Å²) in [6.07, 6.45) is -0.110. The van der Waals surface area contributed by atoms with Crippen molar-refractivity contribution in [3.8, 4) is 0 Å². The van der Waals surface area contributed by atoms with Crippen LogP contribution in [0.25, 0.3) is 10.9 Å². The molecule has 1 N–H and O–H groups in total. The summed E-state index contributed by atoms with van der Waals surface area (Å²) in [5, 5.41) is 1.06. The topological polar surface area (TPSA) is 56.4 Å². The molecule has 0 atom stereocenters. The lowest BCUT2D eigenvalue weighted by atomic mass is 10.1. The van der Waals surface area contributed by atoms with E-state index in [1.54, 1.807) is 9.80 Å². The van der Waals surface area contributed by atoms with Crippen molar-refractivity contribution in [3.05, 3.63) is 107 Å². The number of nitrogens with one attached hydrogen (secondary N) is 1. The number of hydrogen-bond donors (Lipinski definition) is 1. The van der Waals surface area contributed by atoms with Gasteiger partial charge in [0.05, 0.1) is 18.5 Å². The first-order valence-electron chi connectivity index (χ1n) is 13.5. The van der Waals surface area contributed by atoms with Gasteiger partial charge in [0.25, 0.3) is 0 Å². The fraction of sp³-hybridized carbons (Fsp3) is 0.312. The van der Waals surface area contributed by atoms with E-state index in [4.69, 9.17) is 0 Å². The van der Waals surface area contributed by atoms with Crippen LogP contribution < -0.4 is 0 Å². The summed E-state index contributed by atoms with van der Waals surface area (Å²) in [6, 6.07) is 22.2. The number of halogens is 3. The standard InChI is InChI=1S/C32H34F3N3O2/c1-2-3-18-37(30(39)20-24-9-5-4-6-10-24)23-31(40)38(22-25-13-15-27(16-14-25)32(33,34)35)19-17-26-21-36-29-12-8-7-11-28(26)29/h4-16,21,36H,2-3,17-20,22-23H2,1H3. The van der Waals surface area contributed by atoms with Crippen molar-refractivity contribution in [2.45, 2.75) is 45.3 Å². The van der Waals surface area contributed by atoms with Crippen LogP contribution >= 0.6 is 0 Å². The predicted octanol–water partition coefficient (Wildman–Crippen LogP) is 6.63. The summed E-state index contributed by atoms with van der Waals surface area (Å²) >= 11 is 0.